The molecule has 25 heavy (non-hydrogen) atoms. The molecule has 1 aromatic heterocycles. The summed E-state index contributed by atoms with van der Waals surface area (Å²) in [7, 11) is 0. The molecule has 0 spiro atoms. The van der Waals surface area contributed by atoms with Gasteiger partial charge in [0.25, 0.3) is 0 Å². The quantitative estimate of drug-likeness (QED) is 0.391. The van der Waals surface area contributed by atoms with E-state index in [0.717, 1.165) is 27.7 Å². The third kappa shape index (κ3) is 3.15. The highest BCUT2D eigenvalue weighted by Crippen LogP contribution is 2.27. The Kier molecular flexibility index (Phi) is 4.01. The van der Waals surface area contributed by atoms with E-state index in [1.807, 2.05) is 78.9 Å². The molecule has 3 aromatic carbocycles. The van der Waals surface area contributed by atoms with Crippen molar-refractivity contribution >= 4 is 22.3 Å². The molecule has 0 saturated heterocycles. The molecular formula is C23H17NO. The van der Waals surface area contributed by atoms with Crippen molar-refractivity contribution in [1.29, 1.82) is 0 Å². The zero-order chi connectivity index (χ0) is 17.1. The molecule has 4 aromatic rings. The van der Waals surface area contributed by atoms with Crippen molar-refractivity contribution in [3.05, 3.63) is 114 Å². The first-order valence-electron chi connectivity index (χ1n) is 8.26. The number of hydrogen-bond acceptors (Lipinski definition) is 1. The van der Waals surface area contributed by atoms with Gasteiger partial charge in [0, 0.05) is 27.7 Å². The fraction of sp³-hybridized carbons (Fsp3) is 0. The number of H-pyrrole nitrogens is 1. The molecule has 0 amide bonds. The summed E-state index contributed by atoms with van der Waals surface area (Å²) < 4.78 is 0. The minimum absolute atomic E-state index is 0.00175. The maximum Gasteiger partial charge on any atom is 0.186 e. The number of carbonyl (C=O) groups excluding carboxylic acids is 1. The lowest BCUT2D eigenvalue weighted by Gasteiger charge is -2.06. The van der Waals surface area contributed by atoms with Crippen LogP contribution in [0.15, 0.2) is 97.1 Å². The number of benzene rings is 3. The van der Waals surface area contributed by atoms with Crippen molar-refractivity contribution in [3.8, 4) is 0 Å². The van der Waals surface area contributed by atoms with Gasteiger partial charge in [-0.1, -0.05) is 78.9 Å². The summed E-state index contributed by atoms with van der Waals surface area (Å²) in [6, 6.07) is 29.6. The van der Waals surface area contributed by atoms with Gasteiger partial charge in [-0.25, -0.2) is 0 Å². The van der Waals surface area contributed by atoms with Crippen molar-refractivity contribution in [3.63, 3.8) is 0 Å². The molecule has 2 nitrogen and oxygen atoms in total. The molecule has 0 saturated carbocycles. The van der Waals surface area contributed by atoms with E-state index >= 15 is 0 Å². The Hall–Kier alpha value is -3.39. The van der Waals surface area contributed by atoms with Crippen LogP contribution in [0.1, 0.15) is 21.6 Å². The first-order chi connectivity index (χ1) is 12.3. The van der Waals surface area contributed by atoms with Crippen LogP contribution in [0.5, 0.6) is 0 Å². The van der Waals surface area contributed by atoms with Crippen molar-refractivity contribution in [2.24, 2.45) is 0 Å². The van der Waals surface area contributed by atoms with Crippen LogP contribution in [0.3, 0.4) is 0 Å². The van der Waals surface area contributed by atoms with E-state index in [4.69, 9.17) is 0 Å². The van der Waals surface area contributed by atoms with Crippen molar-refractivity contribution in [1.82, 2.24) is 4.98 Å². The van der Waals surface area contributed by atoms with Crippen LogP contribution in [-0.2, 0) is 0 Å². The first-order valence-corrected chi connectivity index (χ1v) is 8.26. The van der Waals surface area contributed by atoms with E-state index in [2.05, 4.69) is 17.1 Å². The lowest BCUT2D eigenvalue weighted by atomic mass is 9.99. The minimum Gasteiger partial charge on any atom is -0.355 e. The molecule has 120 valence electrons. The van der Waals surface area contributed by atoms with Crippen LogP contribution < -0.4 is 0 Å². The lowest BCUT2D eigenvalue weighted by Crippen LogP contribution is -1.97. The highest BCUT2D eigenvalue weighted by atomic mass is 16.1. The normalized spacial score (nSPS) is 11.6. The highest BCUT2D eigenvalue weighted by Gasteiger charge is 2.11. The summed E-state index contributed by atoms with van der Waals surface area (Å²) in [5.41, 5.74) is 4.60. The van der Waals surface area contributed by atoms with E-state index in [1.54, 1.807) is 6.08 Å². The minimum atomic E-state index is -0.00175. The standard InChI is InChI=1S/C23H17NO/c25-23(18-11-5-2-6-12-18)16-20(17-9-3-1-4-10-17)22-15-19-13-7-8-14-21(19)24-22/h1-16,24H/b20-16+. The number of para-hydroxylation sites is 1. The molecule has 0 radical (unpaired) electrons. The van der Waals surface area contributed by atoms with Gasteiger partial charge in [-0.05, 0) is 23.8 Å². The van der Waals surface area contributed by atoms with Crippen molar-refractivity contribution in [2.75, 3.05) is 0 Å². The fourth-order valence-electron chi connectivity index (χ4n) is 2.97. The summed E-state index contributed by atoms with van der Waals surface area (Å²) in [6.07, 6.45) is 1.72. The van der Waals surface area contributed by atoms with Crippen LogP contribution in [-0.4, -0.2) is 10.8 Å². The number of ketones is 1. The topological polar surface area (TPSA) is 32.9 Å². The first kappa shape index (κ1) is 15.2. The largest absolute Gasteiger partial charge is 0.355 e. The molecular weight excluding hydrogens is 306 g/mol. The maximum atomic E-state index is 12.7. The van der Waals surface area contributed by atoms with Gasteiger partial charge in [0.1, 0.15) is 0 Å². The number of carbonyl (C=O) groups is 1. The predicted molar refractivity (Wildman–Crippen MR) is 103 cm³/mol. The summed E-state index contributed by atoms with van der Waals surface area (Å²) >= 11 is 0. The lowest BCUT2D eigenvalue weighted by molar-refractivity contribution is 0.104. The zero-order valence-electron chi connectivity index (χ0n) is 13.6. The number of aromatic nitrogens is 1. The summed E-state index contributed by atoms with van der Waals surface area (Å²) in [4.78, 5) is 16.2. The Balaban J connectivity index is 1.85. The van der Waals surface area contributed by atoms with Crippen LogP contribution >= 0.6 is 0 Å². The Morgan fingerprint density at radius 2 is 1.32 bits per heavy atom. The van der Waals surface area contributed by atoms with Crippen LogP contribution in [0.25, 0.3) is 16.5 Å². The van der Waals surface area contributed by atoms with Gasteiger partial charge in [-0.15, -0.1) is 0 Å². The summed E-state index contributed by atoms with van der Waals surface area (Å²) in [5.74, 6) is -0.00175. The van der Waals surface area contributed by atoms with E-state index in [9.17, 15) is 4.79 Å². The third-order valence-electron chi connectivity index (χ3n) is 4.24. The second kappa shape index (κ2) is 6.62. The molecule has 4 rings (SSSR count). The fourth-order valence-corrected chi connectivity index (χ4v) is 2.97. The number of rotatable bonds is 4. The van der Waals surface area contributed by atoms with Gasteiger partial charge in [0.05, 0.1) is 0 Å². The Morgan fingerprint density at radius 3 is 2.00 bits per heavy atom. The van der Waals surface area contributed by atoms with Crippen LogP contribution in [0, 0.1) is 0 Å². The van der Waals surface area contributed by atoms with Crippen molar-refractivity contribution in [2.45, 2.75) is 0 Å². The van der Waals surface area contributed by atoms with Crippen LogP contribution in [0.4, 0.5) is 0 Å². The zero-order valence-corrected chi connectivity index (χ0v) is 13.6. The molecule has 0 aliphatic carbocycles. The van der Waals surface area contributed by atoms with Gasteiger partial charge in [0.15, 0.2) is 5.78 Å². The van der Waals surface area contributed by atoms with Gasteiger partial charge in [-0.3, -0.25) is 4.79 Å². The molecule has 0 fully saturated rings. The van der Waals surface area contributed by atoms with Gasteiger partial charge >= 0.3 is 0 Å². The molecule has 0 bridgehead atoms. The summed E-state index contributed by atoms with van der Waals surface area (Å²) in [5, 5.41) is 1.13. The average Bonchev–Trinajstić information content (AvgIpc) is 3.11. The molecule has 0 aliphatic heterocycles. The average molecular weight is 323 g/mol. The molecule has 1 heterocycles. The Morgan fingerprint density at radius 1 is 0.720 bits per heavy atom. The SMILES string of the molecule is O=C(/C=C(\c1ccccc1)c1cc2ccccc2[nH]1)c1ccccc1. The molecule has 0 aliphatic rings. The number of hydrogen-bond donors (Lipinski definition) is 1. The monoisotopic (exact) mass is 323 g/mol. The van der Waals surface area contributed by atoms with Crippen molar-refractivity contribution < 1.29 is 4.79 Å². The van der Waals surface area contributed by atoms with Gasteiger partial charge in [0.2, 0.25) is 0 Å². The van der Waals surface area contributed by atoms with E-state index in [1.165, 1.54) is 0 Å². The second-order valence-corrected chi connectivity index (χ2v) is 5.92. The van der Waals surface area contributed by atoms with Crippen LogP contribution in [0.2, 0.25) is 0 Å². The van der Waals surface area contributed by atoms with E-state index < -0.39 is 0 Å². The molecule has 1 N–H and O–H groups in total. The molecule has 0 unspecified atom stereocenters. The van der Waals surface area contributed by atoms with Gasteiger partial charge < -0.3 is 4.98 Å². The van der Waals surface area contributed by atoms with E-state index in [0.29, 0.717) is 5.56 Å². The summed E-state index contributed by atoms with van der Waals surface area (Å²) in [6.45, 7) is 0. The van der Waals surface area contributed by atoms with E-state index in [-0.39, 0.29) is 5.78 Å². The maximum absolute atomic E-state index is 12.7. The molecule has 0 atom stereocenters. The van der Waals surface area contributed by atoms with Gasteiger partial charge in [-0.2, -0.15) is 0 Å². The number of nitrogens with one attached hydrogen (secondary N) is 1. The Labute approximate surface area is 146 Å². The smallest absolute Gasteiger partial charge is 0.186 e. The highest BCUT2D eigenvalue weighted by molar-refractivity contribution is 6.10. The number of fused-ring (bicyclic) bond motifs is 1. The predicted octanol–water partition coefficient (Wildman–Crippen LogP) is 5.48. The third-order valence-corrected chi connectivity index (χ3v) is 4.24. The number of allylic oxidation sites excluding steroid dienone is 1. The number of aromatic amines is 1. The Bertz CT molecular complexity index is 1010. The molecule has 2 heteroatoms. The second-order valence-electron chi connectivity index (χ2n) is 5.92.